The second-order valence-corrected chi connectivity index (χ2v) is 15.9. The molecule has 0 aliphatic heterocycles. The van der Waals surface area contributed by atoms with Crippen LogP contribution >= 0.6 is 0 Å². The Morgan fingerprint density at radius 1 is 0.754 bits per heavy atom. The highest BCUT2D eigenvalue weighted by Gasteiger charge is 2.25. The van der Waals surface area contributed by atoms with Gasteiger partial charge in [0.2, 0.25) is 0 Å². The number of aryl methyl sites for hydroxylation is 1. The van der Waals surface area contributed by atoms with Crippen molar-refractivity contribution in [3.63, 3.8) is 0 Å². The number of rotatable bonds is 9. The molecule has 2 unspecified atom stereocenters. The standard InChI is InChI=1S/C44H45B8N3O2/c1-4-9-24(13-8-12-23-10-6-5-7-11-23)25-14-16-26(17-15-25)42-53-43(28-18-21(2)32(35(49)22(3)45)37(51)36(28)50)55-44(54-42)34-29(46)20-31(48)41-33(34)27-19-30(47)39(56)38(52)40(27)57-41/h4-20,22,35,56H,45-52H2,1-3H3/b9-4-,12-8+,24-13+. The predicted molar refractivity (Wildman–Crippen MR) is 266 cm³/mol. The fraction of sp³-hybridized carbons (Fsp3) is 0.114. The average Bonchev–Trinajstić information content (AvgIpc) is 3.58. The number of nitrogens with zero attached hydrogens (tertiary/aromatic N) is 3. The Kier molecular flexibility index (Phi) is 11.2. The number of benzene rings is 5. The van der Waals surface area contributed by atoms with Gasteiger partial charge in [0.1, 0.15) is 79.7 Å². The first-order valence-corrected chi connectivity index (χ1v) is 20.0. The van der Waals surface area contributed by atoms with E-state index in [9.17, 15) is 5.11 Å². The molecule has 0 saturated carbocycles. The third-order valence-corrected chi connectivity index (χ3v) is 11.7. The van der Waals surface area contributed by atoms with Gasteiger partial charge in [0.05, 0.1) is 0 Å². The van der Waals surface area contributed by atoms with Crippen molar-refractivity contribution in [1.29, 1.82) is 0 Å². The van der Waals surface area contributed by atoms with Crippen molar-refractivity contribution >= 4 is 129 Å². The highest BCUT2D eigenvalue weighted by atomic mass is 16.3. The Bertz CT molecular complexity index is 2780. The molecule has 0 spiro atoms. The summed E-state index contributed by atoms with van der Waals surface area (Å²) in [5.41, 5.74) is 16.3. The van der Waals surface area contributed by atoms with Crippen LogP contribution in [0.2, 0.25) is 5.82 Å². The lowest BCUT2D eigenvalue weighted by Gasteiger charge is -2.24. The van der Waals surface area contributed by atoms with Gasteiger partial charge in [0, 0.05) is 27.5 Å². The number of aromatic hydroxyl groups is 1. The molecule has 0 radical (unpaired) electrons. The molecule has 7 aromatic rings. The molecule has 0 fully saturated rings. The van der Waals surface area contributed by atoms with Crippen molar-refractivity contribution < 1.29 is 9.52 Å². The minimum absolute atomic E-state index is 0.252. The molecule has 0 amide bonds. The van der Waals surface area contributed by atoms with E-state index in [-0.39, 0.29) is 5.75 Å². The maximum atomic E-state index is 10.9. The largest absolute Gasteiger partial charge is 0.509 e. The van der Waals surface area contributed by atoms with E-state index in [1.807, 2.05) is 46.9 Å². The first-order chi connectivity index (χ1) is 27.3. The summed E-state index contributed by atoms with van der Waals surface area (Å²) >= 11 is 0. The zero-order chi connectivity index (χ0) is 40.7. The van der Waals surface area contributed by atoms with Gasteiger partial charge in [-0.3, -0.25) is 0 Å². The third-order valence-electron chi connectivity index (χ3n) is 11.7. The molecular weight excluding hydrogens is 689 g/mol. The van der Waals surface area contributed by atoms with Gasteiger partial charge in [-0.05, 0) is 58.6 Å². The highest BCUT2D eigenvalue weighted by Crippen LogP contribution is 2.35. The van der Waals surface area contributed by atoms with Gasteiger partial charge in [0.25, 0.3) is 0 Å². The van der Waals surface area contributed by atoms with E-state index in [0.29, 0.717) is 34.7 Å². The van der Waals surface area contributed by atoms with Gasteiger partial charge in [0.15, 0.2) is 17.5 Å². The van der Waals surface area contributed by atoms with E-state index >= 15 is 0 Å². The smallest absolute Gasteiger partial charge is 0.164 e. The number of furan rings is 1. The second-order valence-electron chi connectivity index (χ2n) is 15.9. The SMILES string of the molecule is Bc1cc2c(oc3c(B)cc(B)c(-c4nc(-c5ccc(C(/C=C\C)=C/C=C/c6ccccc6)cc5)nc(-c5cc(C)c(C(B)C(B)C)c(B)c5B)n4)c32)c(B)c1O. The van der Waals surface area contributed by atoms with Crippen molar-refractivity contribution in [2.45, 2.75) is 32.4 Å². The van der Waals surface area contributed by atoms with Crippen LogP contribution in [0.25, 0.3) is 67.8 Å². The lowest BCUT2D eigenvalue weighted by Crippen LogP contribution is -2.34. The lowest BCUT2D eigenvalue weighted by atomic mass is 9.59. The fourth-order valence-electron chi connectivity index (χ4n) is 8.19. The van der Waals surface area contributed by atoms with E-state index < -0.39 is 0 Å². The molecule has 5 nitrogen and oxygen atoms in total. The third kappa shape index (κ3) is 7.52. The lowest BCUT2D eigenvalue weighted by molar-refractivity contribution is 0.483. The van der Waals surface area contributed by atoms with E-state index in [2.05, 4.69) is 140 Å². The van der Waals surface area contributed by atoms with Crippen molar-refractivity contribution in [3.05, 3.63) is 119 Å². The summed E-state index contributed by atoms with van der Waals surface area (Å²) in [6.45, 7) is 6.54. The van der Waals surface area contributed by atoms with E-state index in [0.717, 1.165) is 71.6 Å². The van der Waals surface area contributed by atoms with Gasteiger partial charge in [-0.25, -0.2) is 15.0 Å². The maximum Gasteiger partial charge on any atom is 0.164 e. The molecule has 0 bridgehead atoms. The van der Waals surface area contributed by atoms with Crippen LogP contribution in [0.15, 0.2) is 102 Å². The van der Waals surface area contributed by atoms with Crippen LogP contribution in [-0.2, 0) is 0 Å². The Morgan fingerprint density at radius 3 is 2.12 bits per heavy atom. The van der Waals surface area contributed by atoms with E-state index in [1.54, 1.807) is 0 Å². The molecule has 0 aliphatic carbocycles. The zero-order valence-electron chi connectivity index (χ0n) is 35.2. The molecule has 2 aromatic heterocycles. The quantitative estimate of drug-likeness (QED) is 0.154. The number of hydrogen-bond acceptors (Lipinski definition) is 5. The van der Waals surface area contributed by atoms with Crippen molar-refractivity contribution in [2.24, 2.45) is 0 Å². The van der Waals surface area contributed by atoms with Crippen LogP contribution < -0.4 is 32.8 Å². The van der Waals surface area contributed by atoms with E-state index in [4.69, 9.17) is 19.4 Å². The van der Waals surface area contributed by atoms with Gasteiger partial charge in [-0.2, -0.15) is 0 Å². The number of fused-ring (bicyclic) bond motifs is 3. The number of phenolic OH excluding ortho intramolecular Hbond substituents is 1. The zero-order valence-corrected chi connectivity index (χ0v) is 35.2. The summed E-state index contributed by atoms with van der Waals surface area (Å²) in [4.78, 5) is 15.8. The monoisotopic (exact) mass is 735 g/mol. The van der Waals surface area contributed by atoms with Crippen LogP contribution in [-0.4, -0.2) is 82.8 Å². The Hall–Kier alpha value is -5.55. The molecule has 2 atom stereocenters. The second kappa shape index (κ2) is 16.1. The minimum Gasteiger partial charge on any atom is -0.509 e. The van der Waals surface area contributed by atoms with Crippen LogP contribution in [0.3, 0.4) is 0 Å². The molecule has 272 valence electrons. The molecule has 0 saturated heterocycles. The summed E-state index contributed by atoms with van der Waals surface area (Å²) in [5, 5.41) is 12.8. The molecule has 5 aromatic carbocycles. The van der Waals surface area contributed by atoms with Gasteiger partial charge < -0.3 is 9.52 Å². The summed E-state index contributed by atoms with van der Waals surface area (Å²) in [7, 11) is 17.1. The average molecular weight is 734 g/mol. The van der Waals surface area contributed by atoms with Gasteiger partial charge in [-0.15, -0.1) is 0 Å². The summed E-state index contributed by atoms with van der Waals surface area (Å²) in [5.74, 6) is 3.00. The summed E-state index contributed by atoms with van der Waals surface area (Å²) < 4.78 is 6.56. The van der Waals surface area contributed by atoms with Crippen molar-refractivity contribution in [3.8, 4) is 39.9 Å². The van der Waals surface area contributed by atoms with Gasteiger partial charge >= 0.3 is 0 Å². The summed E-state index contributed by atoms with van der Waals surface area (Å²) in [6.07, 6.45) is 10.5. The van der Waals surface area contributed by atoms with Crippen molar-refractivity contribution in [1.82, 2.24) is 15.0 Å². The maximum absolute atomic E-state index is 10.9. The van der Waals surface area contributed by atoms with E-state index in [1.165, 1.54) is 22.1 Å². The Balaban J connectivity index is 1.45. The minimum atomic E-state index is 0.252. The van der Waals surface area contributed by atoms with Crippen LogP contribution in [0, 0.1) is 6.92 Å². The first-order valence-electron chi connectivity index (χ1n) is 20.0. The fourth-order valence-corrected chi connectivity index (χ4v) is 8.19. The van der Waals surface area contributed by atoms with Gasteiger partial charge in [-0.1, -0.05) is 138 Å². The Morgan fingerprint density at radius 2 is 1.44 bits per heavy atom. The predicted octanol–water partition coefficient (Wildman–Crippen LogP) is -0.875. The number of allylic oxidation sites excluding steroid dienone is 5. The Labute approximate surface area is 343 Å². The van der Waals surface area contributed by atoms with Crippen molar-refractivity contribution in [2.75, 3.05) is 0 Å². The highest BCUT2D eigenvalue weighted by molar-refractivity contribution is 6.52. The molecule has 1 N–H and O–H groups in total. The van der Waals surface area contributed by atoms with Crippen LogP contribution in [0.5, 0.6) is 5.75 Å². The molecule has 7 rings (SSSR count). The molecule has 13 heteroatoms. The number of aromatic nitrogens is 3. The number of hydrogen-bond donors (Lipinski definition) is 1. The summed E-state index contributed by atoms with van der Waals surface area (Å²) in [6, 6.07) is 25.2. The normalized spacial score (nSPS) is 13.3. The number of phenols is 1. The van der Waals surface area contributed by atoms with Crippen LogP contribution in [0.4, 0.5) is 0 Å². The van der Waals surface area contributed by atoms with Crippen LogP contribution in [0.1, 0.15) is 41.9 Å². The molecule has 0 aliphatic rings. The topological polar surface area (TPSA) is 72.0 Å². The molecule has 57 heavy (non-hydrogen) atoms. The molecule has 2 heterocycles. The first kappa shape index (κ1) is 39.7. The molecular formula is C44H45B8N3O2.